The number of aryl methyl sites for hydroxylation is 1. The number of allylic oxidation sites excluding steroid dienone is 1. The van der Waals surface area contributed by atoms with Gasteiger partial charge >= 0.3 is 0 Å². The van der Waals surface area contributed by atoms with Crippen molar-refractivity contribution in [1.82, 2.24) is 9.97 Å². The van der Waals surface area contributed by atoms with Gasteiger partial charge in [-0.05, 0) is 37.6 Å². The molecule has 0 unspecified atom stereocenters. The highest BCUT2D eigenvalue weighted by Gasteiger charge is 1.98. The summed E-state index contributed by atoms with van der Waals surface area (Å²) in [5.41, 5.74) is 3.38. The van der Waals surface area contributed by atoms with Gasteiger partial charge in [0, 0.05) is 0 Å². The van der Waals surface area contributed by atoms with E-state index < -0.39 is 0 Å². The molecule has 0 amide bonds. The molecule has 1 N–H and O–H groups in total. The first-order valence-corrected chi connectivity index (χ1v) is 4.38. The molecule has 0 atom stereocenters. The number of H-pyrrole nitrogens is 1. The lowest BCUT2D eigenvalue weighted by Gasteiger charge is -1.89. The second kappa shape index (κ2) is 3.05. The summed E-state index contributed by atoms with van der Waals surface area (Å²) in [6.07, 6.45) is 3.94. The molecular weight excluding hydrogens is 160 g/mol. The third-order valence-electron chi connectivity index (χ3n) is 1.98. The lowest BCUT2D eigenvalue weighted by atomic mass is 10.2. The van der Waals surface area contributed by atoms with Crippen LogP contribution >= 0.6 is 0 Å². The second-order valence-electron chi connectivity index (χ2n) is 3.14. The van der Waals surface area contributed by atoms with Crippen LogP contribution in [-0.2, 0) is 0 Å². The molecule has 0 aliphatic carbocycles. The van der Waals surface area contributed by atoms with E-state index in [4.69, 9.17) is 0 Å². The molecule has 0 aliphatic heterocycles. The lowest BCUT2D eigenvalue weighted by Crippen LogP contribution is -1.71. The van der Waals surface area contributed by atoms with Gasteiger partial charge in [-0.25, -0.2) is 4.98 Å². The van der Waals surface area contributed by atoms with E-state index in [1.807, 2.05) is 25.1 Å². The Labute approximate surface area is 77.3 Å². The van der Waals surface area contributed by atoms with Crippen LogP contribution in [0.3, 0.4) is 0 Å². The van der Waals surface area contributed by atoms with Gasteiger partial charge in [0.05, 0.1) is 11.0 Å². The quantitative estimate of drug-likeness (QED) is 0.704. The summed E-state index contributed by atoms with van der Waals surface area (Å²) in [6, 6.07) is 6.21. The van der Waals surface area contributed by atoms with Crippen molar-refractivity contribution in [3.8, 4) is 0 Å². The molecule has 2 aromatic rings. The molecule has 0 spiro atoms. The highest BCUT2D eigenvalue weighted by Crippen LogP contribution is 2.13. The number of hydrogen-bond acceptors (Lipinski definition) is 1. The first-order chi connectivity index (χ1) is 6.29. The summed E-state index contributed by atoms with van der Waals surface area (Å²) in [6.45, 7) is 4.06. The fourth-order valence-electron chi connectivity index (χ4n) is 1.38. The molecule has 1 heterocycles. The van der Waals surface area contributed by atoms with Crippen molar-refractivity contribution >= 4 is 17.1 Å². The molecule has 0 saturated heterocycles. The molecule has 2 heteroatoms. The first-order valence-electron chi connectivity index (χ1n) is 4.38. The van der Waals surface area contributed by atoms with Crippen LogP contribution < -0.4 is 0 Å². The Hall–Kier alpha value is -1.57. The molecule has 66 valence electrons. The van der Waals surface area contributed by atoms with Crippen LogP contribution in [0, 0.1) is 6.92 Å². The predicted octanol–water partition coefficient (Wildman–Crippen LogP) is 2.90. The van der Waals surface area contributed by atoms with E-state index in [9.17, 15) is 0 Å². The van der Waals surface area contributed by atoms with Crippen LogP contribution in [0.2, 0.25) is 0 Å². The van der Waals surface area contributed by atoms with Crippen molar-refractivity contribution in [2.45, 2.75) is 13.8 Å². The predicted molar refractivity (Wildman–Crippen MR) is 55.5 cm³/mol. The summed E-state index contributed by atoms with van der Waals surface area (Å²) in [7, 11) is 0. The topological polar surface area (TPSA) is 28.7 Å². The molecule has 1 aromatic heterocycles. The zero-order valence-corrected chi connectivity index (χ0v) is 7.83. The fourth-order valence-corrected chi connectivity index (χ4v) is 1.38. The number of nitrogens with one attached hydrogen (secondary N) is 1. The number of nitrogens with zero attached hydrogens (tertiary/aromatic N) is 1. The monoisotopic (exact) mass is 172 g/mol. The van der Waals surface area contributed by atoms with Gasteiger partial charge in [-0.3, -0.25) is 0 Å². The van der Waals surface area contributed by atoms with Gasteiger partial charge in [-0.15, -0.1) is 0 Å². The third-order valence-corrected chi connectivity index (χ3v) is 1.98. The van der Waals surface area contributed by atoms with Gasteiger partial charge in [0.25, 0.3) is 0 Å². The Morgan fingerprint density at radius 2 is 2.23 bits per heavy atom. The van der Waals surface area contributed by atoms with Gasteiger partial charge in [0.2, 0.25) is 0 Å². The van der Waals surface area contributed by atoms with Crippen molar-refractivity contribution in [1.29, 1.82) is 0 Å². The molecule has 2 nitrogen and oxygen atoms in total. The number of aromatic amines is 1. The van der Waals surface area contributed by atoms with Crippen molar-refractivity contribution in [3.63, 3.8) is 0 Å². The van der Waals surface area contributed by atoms with Crippen molar-refractivity contribution in [2.75, 3.05) is 0 Å². The third kappa shape index (κ3) is 1.47. The van der Waals surface area contributed by atoms with E-state index >= 15 is 0 Å². The minimum Gasteiger partial charge on any atom is -0.338 e. The largest absolute Gasteiger partial charge is 0.338 e. The van der Waals surface area contributed by atoms with Crippen LogP contribution in [0.5, 0.6) is 0 Å². The van der Waals surface area contributed by atoms with E-state index in [0.717, 1.165) is 16.9 Å². The van der Waals surface area contributed by atoms with E-state index in [1.54, 1.807) is 0 Å². The van der Waals surface area contributed by atoms with Crippen molar-refractivity contribution in [3.05, 3.63) is 35.7 Å². The maximum atomic E-state index is 4.40. The molecule has 0 saturated carbocycles. The molecule has 0 radical (unpaired) electrons. The van der Waals surface area contributed by atoms with Crippen molar-refractivity contribution < 1.29 is 0 Å². The van der Waals surface area contributed by atoms with E-state index in [-0.39, 0.29) is 0 Å². The highest BCUT2D eigenvalue weighted by atomic mass is 14.9. The van der Waals surface area contributed by atoms with Gasteiger partial charge in [0.15, 0.2) is 0 Å². The Morgan fingerprint density at radius 1 is 1.38 bits per heavy atom. The van der Waals surface area contributed by atoms with Gasteiger partial charge in [-0.1, -0.05) is 12.1 Å². The number of fused-ring (bicyclic) bond motifs is 1. The average Bonchev–Trinajstić information content (AvgIpc) is 2.46. The van der Waals surface area contributed by atoms with Crippen LogP contribution in [0.25, 0.3) is 17.1 Å². The fraction of sp³-hybridized carbons (Fsp3) is 0.182. The van der Waals surface area contributed by atoms with Crippen LogP contribution in [0.1, 0.15) is 18.3 Å². The summed E-state index contributed by atoms with van der Waals surface area (Å²) in [5.74, 6) is 0.920. The Kier molecular flexibility index (Phi) is 1.89. The second-order valence-corrected chi connectivity index (χ2v) is 3.14. The normalized spacial score (nSPS) is 11.5. The van der Waals surface area contributed by atoms with E-state index in [2.05, 4.69) is 29.0 Å². The maximum Gasteiger partial charge on any atom is 0.130 e. The summed E-state index contributed by atoms with van der Waals surface area (Å²) < 4.78 is 0. The van der Waals surface area contributed by atoms with E-state index in [0.29, 0.717) is 0 Å². The molecular formula is C11H12N2. The molecule has 0 bridgehead atoms. The van der Waals surface area contributed by atoms with E-state index in [1.165, 1.54) is 5.56 Å². The molecule has 2 rings (SSSR count). The highest BCUT2D eigenvalue weighted by molar-refractivity contribution is 5.77. The minimum atomic E-state index is 0.920. The number of hydrogen-bond donors (Lipinski definition) is 1. The molecule has 1 aromatic carbocycles. The smallest absolute Gasteiger partial charge is 0.130 e. The first kappa shape index (κ1) is 8.05. The Balaban J connectivity index is 2.62. The van der Waals surface area contributed by atoms with Crippen LogP contribution in [-0.4, -0.2) is 9.97 Å². The van der Waals surface area contributed by atoms with Crippen LogP contribution in [0.4, 0.5) is 0 Å². The number of imidazole rings is 1. The van der Waals surface area contributed by atoms with Gasteiger partial charge in [-0.2, -0.15) is 0 Å². The van der Waals surface area contributed by atoms with Crippen molar-refractivity contribution in [2.24, 2.45) is 0 Å². The lowest BCUT2D eigenvalue weighted by molar-refractivity contribution is 1.29. The molecule has 0 aliphatic rings. The van der Waals surface area contributed by atoms with Crippen LogP contribution in [0.15, 0.2) is 24.3 Å². The Bertz CT molecular complexity index is 452. The zero-order chi connectivity index (χ0) is 9.26. The van der Waals surface area contributed by atoms with Gasteiger partial charge in [0.1, 0.15) is 5.82 Å². The average molecular weight is 172 g/mol. The van der Waals surface area contributed by atoms with Gasteiger partial charge < -0.3 is 4.98 Å². The maximum absolute atomic E-state index is 4.40. The minimum absolute atomic E-state index is 0.920. The summed E-state index contributed by atoms with van der Waals surface area (Å²) in [4.78, 5) is 7.64. The number of rotatable bonds is 1. The summed E-state index contributed by atoms with van der Waals surface area (Å²) in [5, 5.41) is 0. The standard InChI is InChI=1S/C11H12N2/c1-3-4-11-12-9-6-5-8(2)7-10(9)13-11/h3-7H,1-2H3,(H,12,13). The zero-order valence-electron chi connectivity index (χ0n) is 7.83. The number of aromatic nitrogens is 2. The summed E-state index contributed by atoms with van der Waals surface area (Å²) >= 11 is 0. The molecule has 13 heavy (non-hydrogen) atoms. The molecule has 0 fully saturated rings. The Morgan fingerprint density at radius 3 is 3.00 bits per heavy atom. The number of benzene rings is 1. The SMILES string of the molecule is CC=Cc1nc2ccc(C)cc2[nH]1.